The summed E-state index contributed by atoms with van der Waals surface area (Å²) in [6.45, 7) is 0.598. The number of thioether (sulfide) groups is 1. The van der Waals surface area contributed by atoms with E-state index in [1.54, 1.807) is 6.26 Å². The van der Waals surface area contributed by atoms with Crippen molar-refractivity contribution in [3.8, 4) is 0 Å². The van der Waals surface area contributed by atoms with E-state index in [4.69, 9.17) is 9.47 Å². The fourth-order valence-corrected chi connectivity index (χ4v) is 3.75. The Balaban J connectivity index is 1.67. The van der Waals surface area contributed by atoms with E-state index in [0.29, 0.717) is 13.0 Å². The van der Waals surface area contributed by atoms with Crippen LogP contribution in [0.15, 0.2) is 96.0 Å². The van der Waals surface area contributed by atoms with E-state index in [9.17, 15) is 9.59 Å². The Kier molecular flexibility index (Phi) is 10.2. The topological polar surface area (TPSA) is 68.2 Å². The summed E-state index contributed by atoms with van der Waals surface area (Å²) in [4.78, 5) is 30.8. The first-order valence-electron chi connectivity index (χ1n) is 11.0. The lowest BCUT2D eigenvalue weighted by atomic mass is 10.1. The van der Waals surface area contributed by atoms with Crippen molar-refractivity contribution in [2.75, 3.05) is 12.8 Å². The van der Waals surface area contributed by atoms with E-state index in [0.717, 1.165) is 17.5 Å². The van der Waals surface area contributed by atoms with Crippen molar-refractivity contribution in [3.63, 3.8) is 0 Å². The number of carbonyl (C=O) groups is 2. The number of rotatable bonds is 8. The summed E-state index contributed by atoms with van der Waals surface area (Å²) < 4.78 is 10.8. The Morgan fingerprint density at radius 1 is 0.765 bits per heavy atom. The summed E-state index contributed by atoms with van der Waals surface area (Å²) >= 11 is 1.20. The number of benzene rings is 3. The maximum atomic E-state index is 13.0. The maximum Gasteiger partial charge on any atom is 0.436 e. The molecule has 0 aliphatic carbocycles. The third-order valence-corrected chi connectivity index (χ3v) is 5.60. The number of hydrogen-bond donors (Lipinski definition) is 0. The minimum atomic E-state index is -0.753. The van der Waals surface area contributed by atoms with Gasteiger partial charge in [-0.25, -0.2) is 9.59 Å². The number of hydrogen-bond acceptors (Lipinski definition) is 5. The number of amidine groups is 1. The molecule has 0 heterocycles. The highest BCUT2D eigenvalue weighted by Gasteiger charge is 2.22. The average molecular weight is 477 g/mol. The van der Waals surface area contributed by atoms with Gasteiger partial charge in [-0.2, -0.15) is 4.99 Å². The fourth-order valence-electron chi connectivity index (χ4n) is 3.19. The second-order valence-corrected chi connectivity index (χ2v) is 8.19. The molecule has 6 nitrogen and oxygen atoms in total. The Morgan fingerprint density at radius 2 is 1.26 bits per heavy atom. The normalized spacial score (nSPS) is 11.0. The number of amides is 2. The molecule has 7 heteroatoms. The van der Waals surface area contributed by atoms with Crippen LogP contribution in [0, 0.1) is 0 Å². The molecule has 0 spiro atoms. The molecule has 34 heavy (non-hydrogen) atoms. The van der Waals surface area contributed by atoms with Crippen LogP contribution >= 0.6 is 11.8 Å². The summed E-state index contributed by atoms with van der Waals surface area (Å²) in [7, 11) is 0. The third-order valence-electron chi connectivity index (χ3n) is 4.92. The number of ether oxygens (including phenoxy) is 2. The summed E-state index contributed by atoms with van der Waals surface area (Å²) in [5.41, 5.74) is 2.91. The third kappa shape index (κ3) is 8.41. The standard InChI is InChI=1S/C27H28N2O4S/c1-34-25(28-26(30)32-20-23-14-7-3-8-15-23)29(19-11-18-22-12-5-2-6-13-22)27(31)33-21-24-16-9-4-10-17-24/h2-10,12-17H,11,18-21H2,1H3/b28-25-. The molecular formula is C27H28N2O4S. The van der Waals surface area contributed by atoms with Crippen molar-refractivity contribution in [2.24, 2.45) is 4.99 Å². The largest absolute Gasteiger partial charge is 0.444 e. The molecular weight excluding hydrogens is 448 g/mol. The van der Waals surface area contributed by atoms with Crippen molar-refractivity contribution < 1.29 is 19.1 Å². The molecule has 0 radical (unpaired) electrons. The fraction of sp³-hybridized carbons (Fsp3) is 0.222. The molecule has 0 aliphatic rings. The summed E-state index contributed by atoms with van der Waals surface area (Å²) in [5, 5.41) is 0.240. The molecule has 176 valence electrons. The van der Waals surface area contributed by atoms with Gasteiger partial charge in [-0.1, -0.05) is 103 Å². The summed E-state index contributed by atoms with van der Waals surface area (Å²) in [6.07, 6.45) is 1.92. The van der Waals surface area contributed by atoms with Gasteiger partial charge >= 0.3 is 12.2 Å². The van der Waals surface area contributed by atoms with Crippen LogP contribution in [0.25, 0.3) is 0 Å². The maximum absolute atomic E-state index is 13.0. The van der Waals surface area contributed by atoms with Gasteiger partial charge in [0.15, 0.2) is 5.17 Å². The van der Waals surface area contributed by atoms with Gasteiger partial charge in [-0.3, -0.25) is 4.90 Å². The SMILES string of the molecule is CS/C(=N\C(=O)OCc1ccccc1)N(CCCc1ccccc1)C(=O)OCc1ccccc1. The predicted molar refractivity (Wildman–Crippen MR) is 136 cm³/mol. The zero-order chi connectivity index (χ0) is 24.0. The number of aryl methyl sites for hydroxylation is 1. The van der Waals surface area contributed by atoms with Gasteiger partial charge in [0.2, 0.25) is 0 Å². The predicted octanol–water partition coefficient (Wildman–Crippen LogP) is 6.31. The van der Waals surface area contributed by atoms with Crippen LogP contribution in [-0.4, -0.2) is 35.1 Å². The minimum absolute atomic E-state index is 0.108. The molecule has 3 rings (SSSR count). The van der Waals surface area contributed by atoms with Crippen LogP contribution in [0.1, 0.15) is 23.1 Å². The van der Waals surface area contributed by atoms with Gasteiger partial charge < -0.3 is 9.47 Å². The van der Waals surface area contributed by atoms with Gasteiger partial charge in [-0.05, 0) is 35.8 Å². The summed E-state index contributed by atoms with van der Waals surface area (Å²) in [5.74, 6) is 0. The van der Waals surface area contributed by atoms with E-state index in [2.05, 4.69) is 4.99 Å². The van der Waals surface area contributed by atoms with Crippen LogP contribution in [0.2, 0.25) is 0 Å². The molecule has 0 saturated heterocycles. The smallest absolute Gasteiger partial charge is 0.436 e. The molecule has 0 bridgehead atoms. The molecule has 0 unspecified atom stereocenters. The quantitative estimate of drug-likeness (QED) is 0.281. The Bertz CT molecular complexity index is 1060. The van der Waals surface area contributed by atoms with Crippen LogP contribution in [0.4, 0.5) is 9.59 Å². The second kappa shape index (κ2) is 13.9. The Labute approximate surface area is 204 Å². The molecule has 2 amide bonds. The van der Waals surface area contributed by atoms with Crippen LogP contribution in [0.5, 0.6) is 0 Å². The molecule has 0 atom stereocenters. The number of carbonyl (C=O) groups excluding carboxylic acids is 2. The monoisotopic (exact) mass is 476 g/mol. The van der Waals surface area contributed by atoms with Gasteiger partial charge in [0.05, 0.1) is 0 Å². The molecule has 0 fully saturated rings. The number of aliphatic imine (C=N–C) groups is 1. The highest BCUT2D eigenvalue weighted by molar-refractivity contribution is 8.13. The molecule has 0 aliphatic heterocycles. The van der Waals surface area contributed by atoms with Crippen molar-refractivity contribution in [1.82, 2.24) is 4.90 Å². The van der Waals surface area contributed by atoms with Crippen LogP contribution in [0.3, 0.4) is 0 Å². The van der Waals surface area contributed by atoms with E-state index in [-0.39, 0.29) is 18.4 Å². The highest BCUT2D eigenvalue weighted by Crippen LogP contribution is 2.13. The Hall–Kier alpha value is -3.58. The lowest BCUT2D eigenvalue weighted by molar-refractivity contribution is 0.116. The van der Waals surface area contributed by atoms with E-state index >= 15 is 0 Å². The first-order valence-corrected chi connectivity index (χ1v) is 12.2. The van der Waals surface area contributed by atoms with Gasteiger partial charge in [0.1, 0.15) is 13.2 Å². The zero-order valence-electron chi connectivity index (χ0n) is 19.1. The van der Waals surface area contributed by atoms with E-state index in [1.807, 2.05) is 91.0 Å². The molecule has 0 saturated carbocycles. The highest BCUT2D eigenvalue weighted by atomic mass is 32.2. The molecule has 0 N–H and O–H groups in total. The molecule has 0 aromatic heterocycles. The zero-order valence-corrected chi connectivity index (χ0v) is 19.9. The van der Waals surface area contributed by atoms with E-state index in [1.165, 1.54) is 22.2 Å². The average Bonchev–Trinajstić information content (AvgIpc) is 2.89. The van der Waals surface area contributed by atoms with Gasteiger partial charge in [0, 0.05) is 6.54 Å². The molecule has 3 aromatic rings. The first-order chi connectivity index (χ1) is 16.7. The van der Waals surface area contributed by atoms with Crippen LogP contribution < -0.4 is 0 Å². The molecule has 3 aromatic carbocycles. The van der Waals surface area contributed by atoms with E-state index < -0.39 is 12.2 Å². The van der Waals surface area contributed by atoms with Crippen molar-refractivity contribution in [2.45, 2.75) is 26.1 Å². The van der Waals surface area contributed by atoms with Crippen molar-refractivity contribution >= 4 is 29.1 Å². The Morgan fingerprint density at radius 3 is 1.79 bits per heavy atom. The number of nitrogens with zero attached hydrogens (tertiary/aromatic N) is 2. The van der Waals surface area contributed by atoms with Crippen molar-refractivity contribution in [3.05, 3.63) is 108 Å². The second-order valence-electron chi connectivity index (χ2n) is 7.42. The van der Waals surface area contributed by atoms with Crippen LogP contribution in [-0.2, 0) is 29.1 Å². The van der Waals surface area contributed by atoms with Crippen molar-refractivity contribution in [1.29, 1.82) is 0 Å². The first kappa shape index (κ1) is 25.1. The minimum Gasteiger partial charge on any atom is -0.444 e. The summed E-state index contributed by atoms with van der Waals surface area (Å²) in [6, 6.07) is 28.8. The van der Waals surface area contributed by atoms with Gasteiger partial charge in [0.25, 0.3) is 0 Å². The lowest BCUT2D eigenvalue weighted by Gasteiger charge is -2.22. The van der Waals surface area contributed by atoms with Gasteiger partial charge in [-0.15, -0.1) is 0 Å². The lowest BCUT2D eigenvalue weighted by Crippen LogP contribution is -2.37.